The quantitative estimate of drug-likeness (QED) is 0.512. The second-order valence-corrected chi connectivity index (χ2v) is 7.94. The molecule has 146 valence electrons. The summed E-state index contributed by atoms with van der Waals surface area (Å²) in [5.74, 6) is 1.52. The van der Waals surface area contributed by atoms with Gasteiger partial charge in [-0.2, -0.15) is 0 Å². The summed E-state index contributed by atoms with van der Waals surface area (Å²) in [4.78, 5) is 12.5. The Hall–Kier alpha value is -2.00. The molecule has 2 aromatic rings. The first-order valence-corrected chi connectivity index (χ1v) is 9.99. The molecule has 0 bridgehead atoms. The Kier molecular flexibility index (Phi) is 7.73. The van der Waals surface area contributed by atoms with Crippen molar-refractivity contribution in [1.29, 1.82) is 0 Å². The van der Waals surface area contributed by atoms with Crippen molar-refractivity contribution in [1.82, 2.24) is 0 Å². The summed E-state index contributed by atoms with van der Waals surface area (Å²) in [7, 11) is 0. The number of benzene rings is 2. The predicted octanol–water partition coefficient (Wildman–Crippen LogP) is 6.69. The molecule has 2 aromatic carbocycles. The van der Waals surface area contributed by atoms with Gasteiger partial charge in [-0.3, -0.25) is 4.79 Å². The number of carbonyl (C=O) groups excluding carboxylic acids is 1. The number of hydrogen-bond donors (Lipinski definition) is 1. The smallest absolute Gasteiger partial charge is 0.224 e. The van der Waals surface area contributed by atoms with Crippen LogP contribution in [0.4, 0.5) is 5.69 Å². The first-order chi connectivity index (χ1) is 12.8. The zero-order valence-electron chi connectivity index (χ0n) is 16.9. The minimum Gasteiger partial charge on any atom is -0.494 e. The van der Waals surface area contributed by atoms with E-state index < -0.39 is 0 Å². The minimum absolute atomic E-state index is 0.0286. The first-order valence-electron chi connectivity index (χ1n) is 9.61. The molecule has 0 spiro atoms. The normalized spacial score (nSPS) is 11.1. The van der Waals surface area contributed by atoms with Crippen LogP contribution in [0.3, 0.4) is 0 Å². The molecular formula is C23H30ClNO2. The summed E-state index contributed by atoms with van der Waals surface area (Å²) in [6, 6.07) is 11.9. The van der Waals surface area contributed by atoms with Crippen LogP contribution >= 0.6 is 11.6 Å². The number of amides is 1. The minimum atomic E-state index is 0.0286. The largest absolute Gasteiger partial charge is 0.494 e. The molecule has 1 N–H and O–H groups in total. The number of rotatable bonds is 8. The zero-order valence-corrected chi connectivity index (χ0v) is 17.7. The van der Waals surface area contributed by atoms with Crippen molar-refractivity contribution in [2.75, 3.05) is 11.9 Å². The molecule has 2 rings (SSSR count). The van der Waals surface area contributed by atoms with Crippen molar-refractivity contribution in [2.45, 2.75) is 59.3 Å². The van der Waals surface area contributed by atoms with E-state index in [1.165, 1.54) is 11.1 Å². The summed E-state index contributed by atoms with van der Waals surface area (Å²) in [6.45, 7) is 11.0. The molecular weight excluding hydrogens is 358 g/mol. The van der Waals surface area contributed by atoms with Crippen LogP contribution in [0.25, 0.3) is 0 Å². The zero-order chi connectivity index (χ0) is 20.0. The number of halogens is 1. The fourth-order valence-electron chi connectivity index (χ4n) is 3.03. The molecule has 0 saturated heterocycles. The van der Waals surface area contributed by atoms with Gasteiger partial charge >= 0.3 is 0 Å². The molecule has 0 atom stereocenters. The monoisotopic (exact) mass is 387 g/mol. The van der Waals surface area contributed by atoms with Crippen molar-refractivity contribution in [2.24, 2.45) is 0 Å². The van der Waals surface area contributed by atoms with Crippen LogP contribution in [0.2, 0.25) is 5.02 Å². The molecule has 1 amide bonds. The second-order valence-electron chi connectivity index (χ2n) is 7.53. The molecule has 0 aliphatic heterocycles. The van der Waals surface area contributed by atoms with Gasteiger partial charge < -0.3 is 10.1 Å². The van der Waals surface area contributed by atoms with Gasteiger partial charge in [0, 0.05) is 17.1 Å². The maximum atomic E-state index is 12.5. The maximum Gasteiger partial charge on any atom is 0.224 e. The highest BCUT2D eigenvalue weighted by Crippen LogP contribution is 2.32. The maximum absolute atomic E-state index is 12.5. The fraction of sp³-hybridized carbons (Fsp3) is 0.435. The molecule has 0 aromatic heterocycles. The molecule has 3 nitrogen and oxygen atoms in total. The van der Waals surface area contributed by atoms with Gasteiger partial charge in [-0.25, -0.2) is 0 Å². The summed E-state index contributed by atoms with van der Waals surface area (Å²) in [5, 5.41) is 3.87. The van der Waals surface area contributed by atoms with Gasteiger partial charge in [0.05, 0.1) is 6.61 Å². The third kappa shape index (κ3) is 6.00. The van der Waals surface area contributed by atoms with Crippen molar-refractivity contribution in [3.8, 4) is 5.75 Å². The van der Waals surface area contributed by atoms with Crippen LogP contribution in [0.15, 0.2) is 36.4 Å². The van der Waals surface area contributed by atoms with Crippen LogP contribution < -0.4 is 10.1 Å². The molecule has 0 radical (unpaired) electrons. The number of carbonyl (C=O) groups is 1. The van der Waals surface area contributed by atoms with Crippen LogP contribution in [-0.4, -0.2) is 12.5 Å². The topological polar surface area (TPSA) is 38.3 Å². The number of para-hydroxylation sites is 1. The van der Waals surface area contributed by atoms with E-state index in [1.54, 1.807) is 0 Å². The summed E-state index contributed by atoms with van der Waals surface area (Å²) < 4.78 is 5.73. The summed E-state index contributed by atoms with van der Waals surface area (Å²) in [6.07, 6.45) is 1.09. The molecule has 0 aliphatic carbocycles. The summed E-state index contributed by atoms with van der Waals surface area (Å²) >= 11 is 6.02. The third-order valence-electron chi connectivity index (χ3n) is 4.58. The fourth-order valence-corrected chi connectivity index (χ4v) is 3.14. The van der Waals surface area contributed by atoms with E-state index >= 15 is 0 Å². The van der Waals surface area contributed by atoms with E-state index in [0.29, 0.717) is 31.3 Å². The Labute approximate surface area is 168 Å². The van der Waals surface area contributed by atoms with E-state index in [0.717, 1.165) is 22.0 Å². The van der Waals surface area contributed by atoms with Crippen LogP contribution in [0, 0.1) is 6.92 Å². The number of anilines is 1. The number of aryl methyl sites for hydroxylation is 1. The lowest BCUT2D eigenvalue weighted by molar-refractivity contribution is -0.116. The van der Waals surface area contributed by atoms with Gasteiger partial charge in [0.15, 0.2) is 0 Å². The lowest BCUT2D eigenvalue weighted by Crippen LogP contribution is -2.16. The van der Waals surface area contributed by atoms with Gasteiger partial charge in [0.2, 0.25) is 5.91 Å². The third-order valence-corrected chi connectivity index (χ3v) is 5.01. The van der Waals surface area contributed by atoms with Crippen molar-refractivity contribution in [3.05, 3.63) is 58.1 Å². The average Bonchev–Trinajstić information content (AvgIpc) is 2.61. The molecule has 0 unspecified atom stereocenters. The van der Waals surface area contributed by atoms with Crippen LogP contribution in [-0.2, 0) is 4.79 Å². The lowest BCUT2D eigenvalue weighted by atomic mass is 9.92. The van der Waals surface area contributed by atoms with Gasteiger partial charge in [-0.1, -0.05) is 57.5 Å². The van der Waals surface area contributed by atoms with Gasteiger partial charge in [-0.05, 0) is 60.1 Å². The Morgan fingerprint density at radius 2 is 1.70 bits per heavy atom. The first kappa shape index (κ1) is 21.3. The lowest BCUT2D eigenvalue weighted by Gasteiger charge is -2.20. The molecule has 0 aliphatic rings. The SMILES string of the molecule is Cc1cc(OCCCC(=O)Nc2c(C(C)C)cccc2C(C)C)ccc1Cl. The number of nitrogens with one attached hydrogen (secondary N) is 1. The Bertz CT molecular complexity index is 758. The van der Waals surface area contributed by atoms with E-state index in [1.807, 2.05) is 25.1 Å². The molecule has 4 heteroatoms. The highest BCUT2D eigenvalue weighted by Gasteiger charge is 2.15. The van der Waals surface area contributed by atoms with Gasteiger partial charge in [0.1, 0.15) is 5.75 Å². The van der Waals surface area contributed by atoms with E-state index in [2.05, 4.69) is 51.2 Å². The molecule has 0 heterocycles. The number of ether oxygens (including phenoxy) is 1. The van der Waals surface area contributed by atoms with Crippen molar-refractivity contribution < 1.29 is 9.53 Å². The highest BCUT2D eigenvalue weighted by atomic mass is 35.5. The van der Waals surface area contributed by atoms with Gasteiger partial charge in [0.25, 0.3) is 0 Å². The van der Waals surface area contributed by atoms with Crippen LogP contribution in [0.1, 0.15) is 69.1 Å². The Morgan fingerprint density at radius 3 is 2.26 bits per heavy atom. The van der Waals surface area contributed by atoms with E-state index in [9.17, 15) is 4.79 Å². The molecule has 27 heavy (non-hydrogen) atoms. The Balaban J connectivity index is 1.93. The summed E-state index contributed by atoms with van der Waals surface area (Å²) in [5.41, 5.74) is 4.32. The molecule has 0 saturated carbocycles. The highest BCUT2D eigenvalue weighted by molar-refractivity contribution is 6.31. The van der Waals surface area contributed by atoms with E-state index in [-0.39, 0.29) is 5.91 Å². The van der Waals surface area contributed by atoms with Crippen LogP contribution in [0.5, 0.6) is 5.75 Å². The number of hydrogen-bond acceptors (Lipinski definition) is 2. The van der Waals surface area contributed by atoms with E-state index in [4.69, 9.17) is 16.3 Å². The van der Waals surface area contributed by atoms with Crippen molar-refractivity contribution >= 4 is 23.2 Å². The standard InChI is InChI=1S/C23H30ClNO2/c1-15(2)19-8-6-9-20(16(3)4)23(19)25-22(26)10-7-13-27-18-11-12-21(24)17(5)14-18/h6,8-9,11-12,14-16H,7,10,13H2,1-5H3,(H,25,26). The average molecular weight is 388 g/mol. The van der Waals surface area contributed by atoms with Crippen molar-refractivity contribution in [3.63, 3.8) is 0 Å². The molecule has 0 fully saturated rings. The Morgan fingerprint density at radius 1 is 1.07 bits per heavy atom. The second kappa shape index (κ2) is 9.80. The predicted molar refractivity (Wildman–Crippen MR) is 114 cm³/mol. The van der Waals surface area contributed by atoms with Gasteiger partial charge in [-0.15, -0.1) is 0 Å².